The van der Waals surface area contributed by atoms with Crippen molar-refractivity contribution < 1.29 is 19.0 Å². The summed E-state index contributed by atoms with van der Waals surface area (Å²) < 4.78 is 5.87. The van der Waals surface area contributed by atoms with Gasteiger partial charge in [-0.05, 0) is 13.0 Å². The summed E-state index contributed by atoms with van der Waals surface area (Å²) in [4.78, 5) is 10.8. The Morgan fingerprint density at radius 3 is 2.81 bits per heavy atom. The van der Waals surface area contributed by atoms with Crippen LogP contribution in [0.1, 0.15) is 16.1 Å². The van der Waals surface area contributed by atoms with Crippen molar-refractivity contribution in [2.75, 3.05) is 0 Å². The lowest BCUT2D eigenvalue weighted by molar-refractivity contribution is -0.594. The Hall–Kier alpha value is -2.30. The molecule has 0 saturated heterocycles. The maximum Gasteiger partial charge on any atom is 0.339 e. The number of hydrogen-bond donors (Lipinski definition) is 1. The number of furan rings is 1. The highest BCUT2D eigenvalue weighted by atomic mass is 16.5. The second-order valence-electron chi connectivity index (χ2n) is 3.30. The van der Waals surface area contributed by atoms with Gasteiger partial charge >= 0.3 is 5.97 Å². The average Bonchev–Trinajstić information content (AvgIpc) is 2.61. The largest absolute Gasteiger partial charge is 0.618 e. The van der Waals surface area contributed by atoms with Crippen LogP contribution in [0.15, 0.2) is 34.9 Å². The third-order valence-electron chi connectivity index (χ3n) is 2.22. The van der Waals surface area contributed by atoms with E-state index in [0.717, 1.165) is 0 Å². The maximum absolute atomic E-state index is 11.4. The summed E-state index contributed by atoms with van der Waals surface area (Å²) in [5, 5.41) is 20.3. The van der Waals surface area contributed by atoms with Crippen molar-refractivity contribution in [2.45, 2.75) is 6.92 Å². The molecule has 0 spiro atoms. The molecule has 0 saturated carbocycles. The molecule has 0 bridgehead atoms. The van der Waals surface area contributed by atoms with Gasteiger partial charge in [0.25, 0.3) is 5.69 Å². The Balaban J connectivity index is 2.54. The highest BCUT2D eigenvalue weighted by molar-refractivity contribution is 5.89. The number of carboxylic acid groups (broad SMARTS) is 1. The van der Waals surface area contributed by atoms with Crippen molar-refractivity contribution in [3.05, 3.63) is 47.0 Å². The van der Waals surface area contributed by atoms with E-state index in [1.54, 1.807) is 25.1 Å². The molecule has 2 aromatic rings. The molecule has 2 heterocycles. The average molecular weight is 219 g/mol. The molecule has 0 aliphatic carbocycles. The summed E-state index contributed by atoms with van der Waals surface area (Å²) >= 11 is 0. The number of pyridine rings is 1. The Morgan fingerprint density at radius 1 is 1.50 bits per heavy atom. The van der Waals surface area contributed by atoms with Crippen molar-refractivity contribution in [1.82, 2.24) is 0 Å². The first-order valence-corrected chi connectivity index (χ1v) is 4.62. The molecule has 16 heavy (non-hydrogen) atoms. The van der Waals surface area contributed by atoms with E-state index < -0.39 is 5.97 Å². The molecule has 0 aliphatic heterocycles. The van der Waals surface area contributed by atoms with Crippen LogP contribution < -0.4 is 4.73 Å². The first kappa shape index (κ1) is 10.2. The normalized spacial score (nSPS) is 10.3. The zero-order valence-corrected chi connectivity index (χ0v) is 8.51. The van der Waals surface area contributed by atoms with Crippen LogP contribution in [0.5, 0.6) is 0 Å². The Labute approximate surface area is 91.1 Å². The van der Waals surface area contributed by atoms with Crippen molar-refractivity contribution in [3.8, 4) is 11.5 Å². The first-order chi connectivity index (χ1) is 7.59. The fourth-order valence-corrected chi connectivity index (χ4v) is 1.44. The van der Waals surface area contributed by atoms with Crippen molar-refractivity contribution in [2.24, 2.45) is 0 Å². The van der Waals surface area contributed by atoms with Gasteiger partial charge in [-0.3, -0.25) is 0 Å². The number of aromatic nitrogens is 1. The minimum Gasteiger partial charge on any atom is -0.618 e. The second-order valence-corrected chi connectivity index (χ2v) is 3.30. The monoisotopic (exact) mass is 219 g/mol. The fraction of sp³-hybridized carbons (Fsp3) is 0.0909. The Morgan fingerprint density at radius 2 is 2.25 bits per heavy atom. The standard InChI is InChI=1S/C11H9NO4/c1-7-8(11(13)14)6-10(16-7)9-4-2-3-5-12(9)15/h2-6H,1H3,(H,13,14). The number of carboxylic acids is 1. The number of hydrogen-bond acceptors (Lipinski definition) is 3. The molecular weight excluding hydrogens is 210 g/mol. The maximum atomic E-state index is 11.4. The summed E-state index contributed by atoms with van der Waals surface area (Å²) in [6.07, 6.45) is 1.33. The predicted molar refractivity (Wildman–Crippen MR) is 54.8 cm³/mol. The highest BCUT2D eigenvalue weighted by Gasteiger charge is 2.18. The van der Waals surface area contributed by atoms with E-state index in [4.69, 9.17) is 9.52 Å². The molecule has 1 N–H and O–H groups in total. The van der Waals surface area contributed by atoms with E-state index in [-0.39, 0.29) is 22.8 Å². The van der Waals surface area contributed by atoms with Crippen molar-refractivity contribution in [1.29, 1.82) is 0 Å². The highest BCUT2D eigenvalue weighted by Crippen LogP contribution is 2.22. The van der Waals surface area contributed by atoms with Crippen molar-refractivity contribution in [3.63, 3.8) is 0 Å². The van der Waals surface area contributed by atoms with Crippen LogP contribution in [0.25, 0.3) is 11.5 Å². The molecule has 0 aromatic carbocycles. The van der Waals surface area contributed by atoms with Gasteiger partial charge in [0.15, 0.2) is 12.0 Å². The van der Waals surface area contributed by atoms with Gasteiger partial charge in [-0.2, -0.15) is 4.73 Å². The topological polar surface area (TPSA) is 77.4 Å². The van der Waals surface area contributed by atoms with E-state index in [9.17, 15) is 10.0 Å². The van der Waals surface area contributed by atoms with Crippen LogP contribution in [0.3, 0.4) is 0 Å². The zero-order valence-electron chi connectivity index (χ0n) is 8.51. The van der Waals surface area contributed by atoms with Crippen LogP contribution in [-0.4, -0.2) is 11.1 Å². The van der Waals surface area contributed by atoms with Gasteiger partial charge in [-0.1, -0.05) is 0 Å². The van der Waals surface area contributed by atoms with Crippen LogP contribution in [0.4, 0.5) is 0 Å². The fourth-order valence-electron chi connectivity index (χ4n) is 1.44. The number of rotatable bonds is 2. The molecule has 0 aliphatic rings. The van der Waals surface area contributed by atoms with E-state index in [2.05, 4.69) is 0 Å². The molecule has 2 rings (SSSR count). The third kappa shape index (κ3) is 1.63. The van der Waals surface area contributed by atoms with Gasteiger partial charge in [-0.25, -0.2) is 4.79 Å². The Bertz CT molecular complexity index is 545. The Kier molecular flexibility index (Phi) is 2.36. The van der Waals surface area contributed by atoms with Gasteiger partial charge in [0, 0.05) is 18.2 Å². The van der Waals surface area contributed by atoms with E-state index in [0.29, 0.717) is 4.73 Å². The number of carbonyl (C=O) groups is 1. The van der Waals surface area contributed by atoms with Crippen LogP contribution in [0.2, 0.25) is 0 Å². The van der Waals surface area contributed by atoms with Crippen LogP contribution in [-0.2, 0) is 0 Å². The minimum atomic E-state index is -1.07. The summed E-state index contributed by atoms with van der Waals surface area (Å²) in [7, 11) is 0. The summed E-state index contributed by atoms with van der Waals surface area (Å²) in [5.74, 6) is -0.530. The minimum absolute atomic E-state index is 0.0684. The lowest BCUT2D eigenvalue weighted by Crippen LogP contribution is -2.27. The molecular formula is C11H9NO4. The van der Waals surface area contributed by atoms with Gasteiger partial charge in [-0.15, -0.1) is 0 Å². The molecule has 0 radical (unpaired) electrons. The molecule has 2 aromatic heterocycles. The van der Waals surface area contributed by atoms with Crippen LogP contribution >= 0.6 is 0 Å². The zero-order chi connectivity index (χ0) is 11.7. The SMILES string of the molecule is Cc1oc(-c2cccc[n+]2[O-])cc1C(=O)O. The predicted octanol–water partition coefficient (Wildman–Crippen LogP) is 1.59. The lowest BCUT2D eigenvalue weighted by Gasteiger charge is -1.99. The van der Waals surface area contributed by atoms with Gasteiger partial charge in [0.2, 0.25) is 0 Å². The molecule has 0 unspecified atom stereocenters. The number of aromatic carboxylic acids is 1. The quantitative estimate of drug-likeness (QED) is 0.614. The number of aryl methyl sites for hydroxylation is 1. The molecule has 82 valence electrons. The van der Waals surface area contributed by atoms with E-state index >= 15 is 0 Å². The van der Waals surface area contributed by atoms with Gasteiger partial charge in [0.1, 0.15) is 11.3 Å². The third-order valence-corrected chi connectivity index (χ3v) is 2.22. The first-order valence-electron chi connectivity index (χ1n) is 4.62. The molecule has 5 nitrogen and oxygen atoms in total. The smallest absolute Gasteiger partial charge is 0.339 e. The van der Waals surface area contributed by atoms with Gasteiger partial charge < -0.3 is 14.7 Å². The summed E-state index contributed by atoms with van der Waals surface area (Å²) in [5.41, 5.74) is 0.358. The molecule has 0 fully saturated rings. The van der Waals surface area contributed by atoms with E-state index in [1.165, 1.54) is 12.3 Å². The molecule has 5 heteroatoms. The summed E-state index contributed by atoms with van der Waals surface area (Å²) in [6.45, 7) is 1.55. The summed E-state index contributed by atoms with van der Waals surface area (Å²) in [6, 6.07) is 6.19. The number of nitrogens with zero attached hydrogens (tertiary/aromatic N) is 1. The van der Waals surface area contributed by atoms with Crippen molar-refractivity contribution >= 4 is 5.97 Å². The molecule has 0 atom stereocenters. The second kappa shape index (κ2) is 3.69. The molecule has 0 amide bonds. The van der Waals surface area contributed by atoms with Gasteiger partial charge in [0.05, 0.1) is 0 Å². The van der Waals surface area contributed by atoms with E-state index in [1.807, 2.05) is 0 Å². The van der Waals surface area contributed by atoms with Crippen LogP contribution in [0, 0.1) is 12.1 Å². The lowest BCUT2D eigenvalue weighted by atomic mass is 10.2.